The van der Waals surface area contributed by atoms with E-state index in [0.29, 0.717) is 12.5 Å². The molecular weight excluding hydrogens is 322 g/mol. The Balaban J connectivity index is 2.32. The minimum Gasteiger partial charge on any atom is -0.444 e. The maximum Gasteiger partial charge on any atom is 0.414 e. The Kier molecular flexibility index (Phi) is 4.04. The lowest BCUT2D eigenvalue weighted by molar-refractivity contribution is 0.0634. The summed E-state index contributed by atoms with van der Waals surface area (Å²) in [5, 5.41) is 2.70. The van der Waals surface area contributed by atoms with Crippen LogP contribution < -0.4 is 5.32 Å². The lowest BCUT2D eigenvalue weighted by atomic mass is 10.2. The van der Waals surface area contributed by atoms with Crippen LogP contribution in [0.2, 0.25) is 0 Å². The standard InChI is InChI=1S/C14H18BrN3O2/c1-5-18-11-7-6-9(15)8-10(11)16-12(18)17-13(19)20-14(2,3)4/h6-8H,5H2,1-4H3,(H,16,17,19). The second kappa shape index (κ2) is 5.44. The highest BCUT2D eigenvalue weighted by molar-refractivity contribution is 9.10. The Morgan fingerprint density at radius 3 is 2.75 bits per heavy atom. The van der Waals surface area contributed by atoms with Gasteiger partial charge in [-0.25, -0.2) is 9.78 Å². The highest BCUT2D eigenvalue weighted by Crippen LogP contribution is 2.23. The average Bonchev–Trinajstić information content (AvgIpc) is 2.62. The van der Waals surface area contributed by atoms with Crippen LogP contribution in [0.3, 0.4) is 0 Å². The van der Waals surface area contributed by atoms with Crippen LogP contribution in [-0.4, -0.2) is 21.2 Å². The summed E-state index contributed by atoms with van der Waals surface area (Å²) in [5.74, 6) is 0.495. The maximum absolute atomic E-state index is 11.8. The van der Waals surface area contributed by atoms with Crippen molar-refractivity contribution in [2.45, 2.75) is 39.8 Å². The molecule has 0 aliphatic heterocycles. The normalized spacial score (nSPS) is 11.7. The molecule has 0 saturated carbocycles. The minimum absolute atomic E-state index is 0.495. The van der Waals surface area contributed by atoms with Crippen molar-refractivity contribution in [3.63, 3.8) is 0 Å². The Hall–Kier alpha value is -1.56. The molecule has 6 heteroatoms. The van der Waals surface area contributed by atoms with Gasteiger partial charge in [-0.2, -0.15) is 0 Å². The van der Waals surface area contributed by atoms with Crippen LogP contribution in [0.1, 0.15) is 27.7 Å². The monoisotopic (exact) mass is 339 g/mol. The van der Waals surface area contributed by atoms with Crippen molar-refractivity contribution in [2.24, 2.45) is 0 Å². The number of imidazole rings is 1. The molecule has 1 amide bonds. The SMILES string of the molecule is CCn1c(NC(=O)OC(C)(C)C)nc2cc(Br)ccc21. The van der Waals surface area contributed by atoms with Crippen molar-refractivity contribution >= 4 is 39.0 Å². The fourth-order valence-electron chi connectivity index (χ4n) is 1.91. The first-order chi connectivity index (χ1) is 9.30. The molecule has 0 fully saturated rings. The Morgan fingerprint density at radius 1 is 1.45 bits per heavy atom. The number of ether oxygens (including phenoxy) is 1. The number of rotatable bonds is 2. The Labute approximate surface area is 126 Å². The predicted molar refractivity (Wildman–Crippen MR) is 83.0 cm³/mol. The van der Waals surface area contributed by atoms with Crippen LogP contribution in [0.5, 0.6) is 0 Å². The van der Waals surface area contributed by atoms with Crippen LogP contribution in [0.15, 0.2) is 22.7 Å². The van der Waals surface area contributed by atoms with Crippen molar-refractivity contribution in [3.8, 4) is 0 Å². The van der Waals surface area contributed by atoms with Crippen LogP contribution in [0.4, 0.5) is 10.7 Å². The fourth-order valence-corrected chi connectivity index (χ4v) is 2.26. The van der Waals surface area contributed by atoms with Gasteiger partial charge in [-0.15, -0.1) is 0 Å². The maximum atomic E-state index is 11.8. The molecule has 2 aromatic rings. The van der Waals surface area contributed by atoms with Gasteiger partial charge in [0.1, 0.15) is 5.60 Å². The van der Waals surface area contributed by atoms with Gasteiger partial charge in [-0.1, -0.05) is 15.9 Å². The number of nitrogens with one attached hydrogen (secondary N) is 1. The van der Waals surface area contributed by atoms with E-state index < -0.39 is 11.7 Å². The second-order valence-electron chi connectivity index (χ2n) is 5.44. The average molecular weight is 340 g/mol. The summed E-state index contributed by atoms with van der Waals surface area (Å²) in [5.41, 5.74) is 1.27. The first kappa shape index (κ1) is 14.8. The molecule has 0 radical (unpaired) electrons. The third-order valence-electron chi connectivity index (χ3n) is 2.64. The summed E-state index contributed by atoms with van der Waals surface area (Å²) in [6.45, 7) is 8.19. The number of amides is 1. The number of fused-ring (bicyclic) bond motifs is 1. The summed E-state index contributed by atoms with van der Waals surface area (Å²) in [4.78, 5) is 16.3. The number of anilines is 1. The second-order valence-corrected chi connectivity index (χ2v) is 6.36. The van der Waals surface area contributed by atoms with Crippen LogP contribution in [0, 0.1) is 0 Å². The van der Waals surface area contributed by atoms with Crippen molar-refractivity contribution in [1.82, 2.24) is 9.55 Å². The number of benzene rings is 1. The molecule has 1 aromatic carbocycles. The first-order valence-electron chi connectivity index (χ1n) is 6.46. The number of aryl methyl sites for hydroxylation is 1. The topological polar surface area (TPSA) is 56.2 Å². The van der Waals surface area contributed by atoms with E-state index in [1.807, 2.05) is 50.5 Å². The van der Waals surface area contributed by atoms with Crippen molar-refractivity contribution in [1.29, 1.82) is 0 Å². The van der Waals surface area contributed by atoms with Crippen LogP contribution in [-0.2, 0) is 11.3 Å². The molecule has 0 bridgehead atoms. The molecule has 0 aliphatic rings. The van der Waals surface area contributed by atoms with Gasteiger partial charge < -0.3 is 9.30 Å². The third kappa shape index (κ3) is 3.30. The molecule has 108 valence electrons. The first-order valence-corrected chi connectivity index (χ1v) is 7.25. The number of halogens is 1. The number of aromatic nitrogens is 2. The smallest absolute Gasteiger partial charge is 0.414 e. The van der Waals surface area contributed by atoms with Gasteiger partial charge in [0.05, 0.1) is 11.0 Å². The van der Waals surface area contributed by atoms with Gasteiger partial charge in [0.15, 0.2) is 0 Å². The summed E-state index contributed by atoms with van der Waals surface area (Å²) in [7, 11) is 0. The lowest BCUT2D eigenvalue weighted by Gasteiger charge is -2.19. The molecule has 20 heavy (non-hydrogen) atoms. The minimum atomic E-state index is -0.532. The van der Waals surface area contributed by atoms with E-state index in [1.165, 1.54) is 0 Å². The number of hydrogen-bond donors (Lipinski definition) is 1. The molecule has 1 heterocycles. The van der Waals surface area contributed by atoms with Gasteiger partial charge >= 0.3 is 6.09 Å². The highest BCUT2D eigenvalue weighted by Gasteiger charge is 2.19. The van der Waals surface area contributed by atoms with E-state index in [9.17, 15) is 4.79 Å². The molecular formula is C14H18BrN3O2. The highest BCUT2D eigenvalue weighted by atomic mass is 79.9. The zero-order valence-corrected chi connectivity index (χ0v) is 13.6. The number of carbonyl (C=O) groups is 1. The van der Waals surface area contributed by atoms with E-state index in [4.69, 9.17) is 4.74 Å². The van der Waals surface area contributed by atoms with E-state index >= 15 is 0 Å². The van der Waals surface area contributed by atoms with E-state index in [0.717, 1.165) is 15.5 Å². The number of carbonyl (C=O) groups excluding carboxylic acids is 1. The molecule has 0 aliphatic carbocycles. The van der Waals surface area contributed by atoms with Crippen LogP contribution in [0.25, 0.3) is 11.0 Å². The third-order valence-corrected chi connectivity index (χ3v) is 3.13. The van der Waals surface area contributed by atoms with Crippen molar-refractivity contribution in [3.05, 3.63) is 22.7 Å². The summed E-state index contributed by atoms with van der Waals surface area (Å²) >= 11 is 3.42. The number of hydrogen-bond acceptors (Lipinski definition) is 3. The van der Waals surface area contributed by atoms with Gasteiger partial charge in [-0.3, -0.25) is 5.32 Å². The zero-order valence-electron chi connectivity index (χ0n) is 12.0. The Morgan fingerprint density at radius 2 is 2.15 bits per heavy atom. The van der Waals surface area contributed by atoms with E-state index in [1.54, 1.807) is 0 Å². The summed E-state index contributed by atoms with van der Waals surface area (Å²) < 4.78 is 8.14. The molecule has 2 rings (SSSR count). The van der Waals surface area contributed by atoms with Crippen molar-refractivity contribution in [2.75, 3.05) is 5.32 Å². The molecule has 1 N–H and O–H groups in total. The van der Waals surface area contributed by atoms with Crippen molar-refractivity contribution < 1.29 is 9.53 Å². The van der Waals surface area contributed by atoms with Gasteiger partial charge in [-0.05, 0) is 45.9 Å². The molecule has 0 saturated heterocycles. The van der Waals surface area contributed by atoms with Gasteiger partial charge in [0, 0.05) is 11.0 Å². The molecule has 0 spiro atoms. The molecule has 1 aromatic heterocycles. The number of nitrogens with zero attached hydrogens (tertiary/aromatic N) is 2. The summed E-state index contributed by atoms with van der Waals surface area (Å²) in [6, 6.07) is 5.84. The largest absolute Gasteiger partial charge is 0.444 e. The van der Waals surface area contributed by atoms with Gasteiger partial charge in [0.25, 0.3) is 0 Å². The van der Waals surface area contributed by atoms with E-state index in [-0.39, 0.29) is 0 Å². The Bertz CT molecular complexity index is 644. The zero-order chi connectivity index (χ0) is 14.9. The lowest BCUT2D eigenvalue weighted by Crippen LogP contribution is -2.28. The fraction of sp³-hybridized carbons (Fsp3) is 0.429. The van der Waals surface area contributed by atoms with Gasteiger partial charge in [0.2, 0.25) is 5.95 Å². The predicted octanol–water partition coefficient (Wildman–Crippen LogP) is 4.17. The molecule has 0 unspecified atom stereocenters. The van der Waals surface area contributed by atoms with E-state index in [2.05, 4.69) is 26.2 Å². The molecule has 0 atom stereocenters. The molecule has 5 nitrogen and oxygen atoms in total. The summed E-state index contributed by atoms with van der Waals surface area (Å²) in [6.07, 6.45) is -0.499. The van der Waals surface area contributed by atoms with Crippen LogP contribution >= 0.6 is 15.9 Å². The quantitative estimate of drug-likeness (QED) is 0.893.